The van der Waals surface area contributed by atoms with E-state index in [1.165, 1.54) is 0 Å². The average Bonchev–Trinajstić information content (AvgIpc) is 2.64. The lowest BCUT2D eigenvalue weighted by molar-refractivity contribution is 0.0976. The minimum Gasteiger partial charge on any atom is -0.399 e. The fraction of sp³-hybridized carbons (Fsp3) is 0.136. The van der Waals surface area contributed by atoms with Crippen LogP contribution in [0.15, 0.2) is 78.9 Å². The van der Waals surface area contributed by atoms with E-state index in [4.69, 9.17) is 5.73 Å². The van der Waals surface area contributed by atoms with E-state index in [2.05, 4.69) is 5.32 Å². The summed E-state index contributed by atoms with van der Waals surface area (Å²) in [5, 5.41) is 3.46. The molecule has 0 aromatic heterocycles. The summed E-state index contributed by atoms with van der Waals surface area (Å²) in [6.45, 7) is 2.02. The van der Waals surface area contributed by atoms with E-state index in [-0.39, 0.29) is 11.8 Å². The molecule has 0 saturated carbocycles. The zero-order valence-corrected chi connectivity index (χ0v) is 14.3. The largest absolute Gasteiger partial charge is 0.399 e. The predicted molar refractivity (Wildman–Crippen MR) is 104 cm³/mol. The third-order valence-electron chi connectivity index (χ3n) is 4.22. The van der Waals surface area contributed by atoms with Gasteiger partial charge >= 0.3 is 0 Å². The van der Waals surface area contributed by atoms with Crippen LogP contribution in [-0.4, -0.2) is 5.78 Å². The van der Waals surface area contributed by atoms with Crippen molar-refractivity contribution in [2.45, 2.75) is 19.4 Å². The molecular formula is C22H22N2O. The summed E-state index contributed by atoms with van der Waals surface area (Å²) in [5.41, 5.74) is 10.4. The predicted octanol–water partition coefficient (Wildman–Crippen LogP) is 5.00. The number of nitrogens with one attached hydrogen (secondary N) is 1. The zero-order chi connectivity index (χ0) is 17.6. The number of benzene rings is 3. The Labute approximate surface area is 148 Å². The van der Waals surface area contributed by atoms with Crippen molar-refractivity contribution in [2.24, 2.45) is 0 Å². The molecule has 0 aliphatic carbocycles. The Kier molecular flexibility index (Phi) is 5.14. The minimum absolute atomic E-state index is 0.0985. The van der Waals surface area contributed by atoms with Gasteiger partial charge in [-0.05, 0) is 36.8 Å². The Morgan fingerprint density at radius 1 is 0.920 bits per heavy atom. The van der Waals surface area contributed by atoms with Crippen molar-refractivity contribution in [3.05, 3.63) is 95.6 Å². The lowest BCUT2D eigenvalue weighted by Crippen LogP contribution is -2.15. The quantitative estimate of drug-likeness (QED) is 0.494. The molecule has 0 radical (unpaired) electrons. The number of rotatable bonds is 6. The molecule has 1 atom stereocenters. The summed E-state index contributed by atoms with van der Waals surface area (Å²) in [6, 6.07) is 25.2. The smallest absolute Gasteiger partial charge is 0.165 e. The van der Waals surface area contributed by atoms with Crippen LogP contribution in [0.3, 0.4) is 0 Å². The van der Waals surface area contributed by atoms with Crippen LogP contribution in [0, 0.1) is 6.92 Å². The molecule has 0 fully saturated rings. The summed E-state index contributed by atoms with van der Waals surface area (Å²) in [4.78, 5) is 12.7. The molecule has 3 rings (SSSR count). The van der Waals surface area contributed by atoms with Gasteiger partial charge in [0.25, 0.3) is 0 Å². The van der Waals surface area contributed by atoms with E-state index >= 15 is 0 Å². The molecule has 0 bridgehead atoms. The van der Waals surface area contributed by atoms with Crippen molar-refractivity contribution in [2.75, 3.05) is 11.1 Å². The lowest BCUT2D eigenvalue weighted by Gasteiger charge is -2.20. The van der Waals surface area contributed by atoms with Gasteiger partial charge in [0.15, 0.2) is 5.78 Å². The number of carbonyl (C=O) groups excluding carboxylic acids is 1. The maximum absolute atomic E-state index is 12.7. The van der Waals surface area contributed by atoms with Gasteiger partial charge in [-0.25, -0.2) is 0 Å². The molecule has 3 aromatic rings. The van der Waals surface area contributed by atoms with Gasteiger partial charge in [0.1, 0.15) is 0 Å². The maximum Gasteiger partial charge on any atom is 0.165 e. The fourth-order valence-corrected chi connectivity index (χ4v) is 2.76. The molecule has 1 unspecified atom stereocenters. The van der Waals surface area contributed by atoms with Gasteiger partial charge in [-0.15, -0.1) is 0 Å². The van der Waals surface area contributed by atoms with Crippen LogP contribution in [0.4, 0.5) is 11.4 Å². The van der Waals surface area contributed by atoms with Gasteiger partial charge in [0, 0.05) is 23.4 Å². The van der Waals surface area contributed by atoms with Crippen molar-refractivity contribution in [3.63, 3.8) is 0 Å². The van der Waals surface area contributed by atoms with Crippen molar-refractivity contribution in [3.8, 4) is 0 Å². The average molecular weight is 330 g/mol. The zero-order valence-electron chi connectivity index (χ0n) is 14.3. The number of nitrogens with two attached hydrogens (primary N) is 1. The summed E-state index contributed by atoms with van der Waals surface area (Å²) < 4.78 is 0. The molecule has 0 aliphatic heterocycles. The molecule has 3 aromatic carbocycles. The Hall–Kier alpha value is -3.07. The normalized spacial score (nSPS) is 11.7. The second-order valence-corrected chi connectivity index (χ2v) is 6.22. The number of aryl methyl sites for hydroxylation is 1. The van der Waals surface area contributed by atoms with E-state index in [1.807, 2.05) is 85.8 Å². The Morgan fingerprint density at radius 3 is 2.20 bits per heavy atom. The second kappa shape index (κ2) is 7.67. The van der Waals surface area contributed by atoms with Crippen molar-refractivity contribution in [1.82, 2.24) is 0 Å². The van der Waals surface area contributed by atoms with Crippen LogP contribution in [0.2, 0.25) is 0 Å². The number of nitrogen functional groups attached to an aromatic ring is 1. The van der Waals surface area contributed by atoms with Gasteiger partial charge in [-0.3, -0.25) is 4.79 Å². The molecule has 0 saturated heterocycles. The van der Waals surface area contributed by atoms with Gasteiger partial charge in [0.05, 0.1) is 6.04 Å². The molecule has 0 amide bonds. The second-order valence-electron chi connectivity index (χ2n) is 6.22. The van der Waals surface area contributed by atoms with Crippen LogP contribution >= 0.6 is 0 Å². The molecule has 0 spiro atoms. The fourth-order valence-electron chi connectivity index (χ4n) is 2.76. The monoisotopic (exact) mass is 330 g/mol. The van der Waals surface area contributed by atoms with E-state index in [1.54, 1.807) is 0 Å². The molecule has 25 heavy (non-hydrogen) atoms. The first kappa shape index (κ1) is 16.8. The molecule has 126 valence electrons. The van der Waals surface area contributed by atoms with Crippen LogP contribution in [0.1, 0.15) is 33.9 Å². The highest BCUT2D eigenvalue weighted by molar-refractivity contribution is 5.96. The highest BCUT2D eigenvalue weighted by Crippen LogP contribution is 2.25. The first-order chi connectivity index (χ1) is 12.1. The lowest BCUT2D eigenvalue weighted by atomic mass is 9.97. The molecule has 3 nitrogen and oxygen atoms in total. The topological polar surface area (TPSA) is 55.1 Å². The van der Waals surface area contributed by atoms with Crippen molar-refractivity contribution < 1.29 is 4.79 Å². The highest BCUT2D eigenvalue weighted by atomic mass is 16.1. The number of hydrogen-bond donors (Lipinski definition) is 2. The van der Waals surface area contributed by atoms with Gasteiger partial charge in [-0.1, -0.05) is 60.2 Å². The van der Waals surface area contributed by atoms with Crippen molar-refractivity contribution >= 4 is 17.2 Å². The van der Waals surface area contributed by atoms with Crippen LogP contribution in [-0.2, 0) is 0 Å². The number of hydrogen-bond acceptors (Lipinski definition) is 3. The standard InChI is InChI=1S/C22H22N2O/c1-16-7-9-18(10-8-16)22(25)15-21(17-5-3-2-4-6-17)24-20-13-11-19(23)12-14-20/h2-14,21,24H,15,23H2,1H3. The van der Waals surface area contributed by atoms with Gasteiger partial charge < -0.3 is 11.1 Å². The number of carbonyl (C=O) groups is 1. The summed E-state index contributed by atoms with van der Waals surface area (Å²) in [5.74, 6) is 0.122. The van der Waals surface area contributed by atoms with E-state index < -0.39 is 0 Å². The molecular weight excluding hydrogens is 308 g/mol. The number of Topliss-reactive ketones (excluding diaryl/α,β-unsaturated/α-hetero) is 1. The molecule has 3 N–H and O–H groups in total. The Bertz CT molecular complexity index is 824. The minimum atomic E-state index is -0.0985. The summed E-state index contributed by atoms with van der Waals surface area (Å²) in [7, 11) is 0. The van der Waals surface area contributed by atoms with E-state index in [0.717, 1.165) is 28.1 Å². The van der Waals surface area contributed by atoms with Gasteiger partial charge in [0.2, 0.25) is 0 Å². The summed E-state index contributed by atoms with van der Waals surface area (Å²) in [6.07, 6.45) is 0.386. The summed E-state index contributed by atoms with van der Waals surface area (Å²) >= 11 is 0. The third kappa shape index (κ3) is 4.48. The van der Waals surface area contributed by atoms with Crippen LogP contribution in [0.5, 0.6) is 0 Å². The molecule has 0 aliphatic rings. The maximum atomic E-state index is 12.7. The van der Waals surface area contributed by atoms with Crippen LogP contribution in [0.25, 0.3) is 0 Å². The van der Waals surface area contributed by atoms with Gasteiger partial charge in [-0.2, -0.15) is 0 Å². The molecule has 3 heteroatoms. The molecule has 0 heterocycles. The Morgan fingerprint density at radius 2 is 1.56 bits per heavy atom. The van der Waals surface area contributed by atoms with E-state index in [0.29, 0.717) is 6.42 Å². The number of anilines is 2. The van der Waals surface area contributed by atoms with Crippen LogP contribution < -0.4 is 11.1 Å². The van der Waals surface area contributed by atoms with E-state index in [9.17, 15) is 4.79 Å². The Balaban J connectivity index is 1.82. The first-order valence-electron chi connectivity index (χ1n) is 8.39. The highest BCUT2D eigenvalue weighted by Gasteiger charge is 2.17. The SMILES string of the molecule is Cc1ccc(C(=O)CC(Nc2ccc(N)cc2)c2ccccc2)cc1. The first-order valence-corrected chi connectivity index (χ1v) is 8.39. The number of ketones is 1. The van der Waals surface area contributed by atoms with Crippen molar-refractivity contribution in [1.29, 1.82) is 0 Å². The third-order valence-corrected chi connectivity index (χ3v) is 4.22.